The van der Waals surface area contributed by atoms with Gasteiger partial charge in [0, 0.05) is 23.9 Å². The smallest absolute Gasteiger partial charge is 0.0672 e. The van der Waals surface area contributed by atoms with E-state index >= 15 is 0 Å². The van der Waals surface area contributed by atoms with Crippen LogP contribution in [-0.2, 0) is 12.3 Å². The summed E-state index contributed by atoms with van der Waals surface area (Å²) in [5, 5.41) is 2.03. The Morgan fingerprint density at radius 3 is 2.86 bits per heavy atom. The lowest BCUT2D eigenvalue weighted by molar-refractivity contribution is 0.795. The number of nitrogens with zero attached hydrogens (tertiary/aromatic N) is 1. The molecule has 0 amide bonds. The van der Waals surface area contributed by atoms with Gasteiger partial charge in [-0.1, -0.05) is 23.7 Å². The van der Waals surface area contributed by atoms with Gasteiger partial charge >= 0.3 is 0 Å². The van der Waals surface area contributed by atoms with Crippen molar-refractivity contribution >= 4 is 35.1 Å². The first kappa shape index (κ1) is 9.94. The second-order valence-electron chi connectivity index (χ2n) is 3.23. The normalized spacial score (nSPS) is 11.1. The fourth-order valence-corrected chi connectivity index (χ4v) is 2.30. The Bertz CT molecular complexity index is 462. The summed E-state index contributed by atoms with van der Waals surface area (Å²) in [6.07, 6.45) is 2.13. The van der Waals surface area contributed by atoms with Crippen LogP contribution in [-0.4, -0.2) is 4.57 Å². The highest BCUT2D eigenvalue weighted by Crippen LogP contribution is 2.28. The molecule has 14 heavy (non-hydrogen) atoms. The minimum absolute atomic E-state index is 0.754. The predicted octanol–water partition coefficient (Wildman–Crippen LogP) is 3.74. The van der Waals surface area contributed by atoms with Crippen LogP contribution in [0.3, 0.4) is 0 Å². The number of thiol groups is 1. The van der Waals surface area contributed by atoms with Gasteiger partial charge < -0.3 is 4.57 Å². The van der Waals surface area contributed by atoms with Crippen molar-refractivity contribution in [3.05, 3.63) is 35.0 Å². The van der Waals surface area contributed by atoms with Crippen molar-refractivity contribution in [2.75, 3.05) is 0 Å². The largest absolute Gasteiger partial charge is 0.346 e. The van der Waals surface area contributed by atoms with Crippen LogP contribution in [0.15, 0.2) is 24.4 Å². The highest BCUT2D eigenvalue weighted by Gasteiger charge is 2.08. The molecule has 2 aromatic rings. The third kappa shape index (κ3) is 1.43. The van der Waals surface area contributed by atoms with Crippen molar-refractivity contribution < 1.29 is 0 Å². The monoisotopic (exact) mass is 225 g/mol. The maximum atomic E-state index is 6.17. The molecule has 0 fully saturated rings. The quantitative estimate of drug-likeness (QED) is 0.743. The van der Waals surface area contributed by atoms with Gasteiger partial charge in [0.2, 0.25) is 0 Å². The molecule has 0 atom stereocenters. The maximum Gasteiger partial charge on any atom is 0.0672 e. The molecular formula is C11H12ClNS. The van der Waals surface area contributed by atoms with Gasteiger partial charge in [-0.05, 0) is 18.6 Å². The van der Waals surface area contributed by atoms with Crippen LogP contribution >= 0.6 is 24.2 Å². The summed E-state index contributed by atoms with van der Waals surface area (Å²) >= 11 is 10.5. The molecular weight excluding hydrogens is 214 g/mol. The molecule has 0 radical (unpaired) electrons. The van der Waals surface area contributed by atoms with Gasteiger partial charge in [-0.3, -0.25) is 0 Å². The topological polar surface area (TPSA) is 4.93 Å². The summed E-state index contributed by atoms with van der Waals surface area (Å²) in [5.41, 5.74) is 2.37. The summed E-state index contributed by atoms with van der Waals surface area (Å²) in [5.74, 6) is 0.754. The summed E-state index contributed by atoms with van der Waals surface area (Å²) in [4.78, 5) is 0. The molecule has 0 aliphatic carbocycles. The van der Waals surface area contributed by atoms with Crippen molar-refractivity contribution in [1.29, 1.82) is 0 Å². The number of aromatic nitrogens is 1. The molecule has 0 N–H and O–H groups in total. The molecule has 3 heteroatoms. The number of fused-ring (bicyclic) bond motifs is 1. The molecule has 1 nitrogen and oxygen atoms in total. The summed E-state index contributed by atoms with van der Waals surface area (Å²) in [6, 6.07) is 6.01. The van der Waals surface area contributed by atoms with Crippen LogP contribution in [0.1, 0.15) is 12.5 Å². The predicted molar refractivity (Wildman–Crippen MR) is 65.3 cm³/mol. The number of benzene rings is 1. The molecule has 1 aromatic heterocycles. The Balaban J connectivity index is 2.82. The van der Waals surface area contributed by atoms with Crippen LogP contribution in [0.25, 0.3) is 10.9 Å². The lowest BCUT2D eigenvalue weighted by Crippen LogP contribution is -1.90. The molecule has 2 rings (SSSR count). The van der Waals surface area contributed by atoms with Gasteiger partial charge in [-0.2, -0.15) is 12.6 Å². The van der Waals surface area contributed by atoms with Gasteiger partial charge in [0.05, 0.1) is 10.5 Å². The number of rotatable bonds is 2. The third-order valence-corrected chi connectivity index (χ3v) is 3.09. The van der Waals surface area contributed by atoms with Gasteiger partial charge in [-0.25, -0.2) is 0 Å². The number of hydrogen-bond acceptors (Lipinski definition) is 1. The molecule has 1 aromatic carbocycles. The zero-order chi connectivity index (χ0) is 10.1. The van der Waals surface area contributed by atoms with E-state index in [9.17, 15) is 0 Å². The molecule has 0 saturated heterocycles. The third-order valence-electron chi connectivity index (χ3n) is 2.44. The first-order valence-corrected chi connectivity index (χ1v) is 5.66. The molecule has 0 unspecified atom stereocenters. The standard InChI is InChI=1S/C11H12ClNS/c1-2-13-6-8(7-14)9-4-3-5-10(12)11(9)13/h3-6,14H,2,7H2,1H3. The van der Waals surface area contributed by atoms with E-state index in [1.807, 2.05) is 12.1 Å². The number of halogens is 1. The van der Waals surface area contributed by atoms with Crippen molar-refractivity contribution in [1.82, 2.24) is 4.57 Å². The molecule has 0 saturated carbocycles. The van der Waals surface area contributed by atoms with Gasteiger partial charge in [0.15, 0.2) is 0 Å². The van der Waals surface area contributed by atoms with Crippen molar-refractivity contribution in [2.24, 2.45) is 0 Å². The Morgan fingerprint density at radius 1 is 1.43 bits per heavy atom. The fraction of sp³-hybridized carbons (Fsp3) is 0.273. The molecule has 0 spiro atoms. The van der Waals surface area contributed by atoms with Gasteiger partial charge in [0.25, 0.3) is 0 Å². The highest BCUT2D eigenvalue weighted by atomic mass is 35.5. The molecule has 0 aliphatic heterocycles. The number of aryl methyl sites for hydroxylation is 1. The van der Waals surface area contributed by atoms with Crippen molar-refractivity contribution in [3.63, 3.8) is 0 Å². The fourth-order valence-electron chi connectivity index (χ4n) is 1.76. The average molecular weight is 226 g/mol. The second kappa shape index (κ2) is 3.87. The Morgan fingerprint density at radius 2 is 2.21 bits per heavy atom. The molecule has 0 aliphatic rings. The van der Waals surface area contributed by atoms with E-state index < -0.39 is 0 Å². The van der Waals surface area contributed by atoms with Gasteiger partial charge in [-0.15, -0.1) is 0 Å². The Labute approximate surface area is 94.1 Å². The number of para-hydroxylation sites is 1. The lowest BCUT2D eigenvalue weighted by atomic mass is 10.2. The molecule has 1 heterocycles. The van der Waals surface area contributed by atoms with E-state index in [2.05, 4.69) is 36.4 Å². The molecule has 0 bridgehead atoms. The van der Waals surface area contributed by atoms with Crippen molar-refractivity contribution in [3.8, 4) is 0 Å². The summed E-state index contributed by atoms with van der Waals surface area (Å²) in [7, 11) is 0. The average Bonchev–Trinajstić information content (AvgIpc) is 2.57. The minimum Gasteiger partial charge on any atom is -0.346 e. The lowest BCUT2D eigenvalue weighted by Gasteiger charge is -2.01. The zero-order valence-corrected chi connectivity index (χ0v) is 9.65. The van der Waals surface area contributed by atoms with Crippen molar-refractivity contribution in [2.45, 2.75) is 19.2 Å². The minimum atomic E-state index is 0.754. The van der Waals surface area contributed by atoms with Gasteiger partial charge in [0.1, 0.15) is 0 Å². The number of hydrogen-bond donors (Lipinski definition) is 1. The van der Waals surface area contributed by atoms with Crippen LogP contribution < -0.4 is 0 Å². The summed E-state index contributed by atoms with van der Waals surface area (Å²) in [6.45, 7) is 3.05. The highest BCUT2D eigenvalue weighted by molar-refractivity contribution is 7.79. The zero-order valence-electron chi connectivity index (χ0n) is 8.00. The van der Waals surface area contributed by atoms with E-state index in [4.69, 9.17) is 11.6 Å². The van der Waals surface area contributed by atoms with E-state index in [1.54, 1.807) is 0 Å². The van der Waals surface area contributed by atoms with Crippen LogP contribution in [0, 0.1) is 0 Å². The first-order chi connectivity index (χ1) is 6.77. The van der Waals surface area contributed by atoms with E-state index in [-0.39, 0.29) is 0 Å². The first-order valence-electron chi connectivity index (χ1n) is 4.65. The molecule has 74 valence electrons. The Hall–Kier alpha value is -0.600. The second-order valence-corrected chi connectivity index (χ2v) is 3.96. The summed E-state index contributed by atoms with van der Waals surface area (Å²) < 4.78 is 2.17. The van der Waals surface area contributed by atoms with E-state index in [0.717, 1.165) is 22.8 Å². The van der Waals surface area contributed by atoms with Crippen LogP contribution in [0.4, 0.5) is 0 Å². The van der Waals surface area contributed by atoms with E-state index in [0.29, 0.717) is 0 Å². The van der Waals surface area contributed by atoms with Crippen LogP contribution in [0.2, 0.25) is 5.02 Å². The van der Waals surface area contributed by atoms with Crippen LogP contribution in [0.5, 0.6) is 0 Å². The SMILES string of the molecule is CCn1cc(CS)c2cccc(Cl)c21. The van der Waals surface area contributed by atoms with E-state index in [1.165, 1.54) is 10.9 Å². The Kier molecular flexibility index (Phi) is 2.75. The maximum absolute atomic E-state index is 6.17.